The standard InChI is InChI=1S/C8H15NO2Si/c1-3-8(10)9-6-4-5-7-12-11-2/h3H,1,4-7H2,2H3,(H,9,10). The first-order chi connectivity index (χ1) is 5.81. The zero-order valence-electron chi connectivity index (χ0n) is 7.43. The molecular formula is C8H15NO2Si. The lowest BCUT2D eigenvalue weighted by Gasteiger charge is -2.00. The first-order valence-electron chi connectivity index (χ1n) is 3.97. The SMILES string of the molecule is C=CC(=O)NCCCC[Si]OC. The minimum absolute atomic E-state index is 0.0933. The molecule has 1 N–H and O–H groups in total. The molecular weight excluding hydrogens is 170 g/mol. The summed E-state index contributed by atoms with van der Waals surface area (Å²) >= 11 is 0. The number of carbonyl (C=O) groups is 1. The third kappa shape index (κ3) is 7.49. The van der Waals surface area contributed by atoms with E-state index in [4.69, 9.17) is 4.43 Å². The molecule has 3 nitrogen and oxygen atoms in total. The van der Waals surface area contributed by atoms with Crippen molar-refractivity contribution in [3.8, 4) is 0 Å². The van der Waals surface area contributed by atoms with E-state index in [9.17, 15) is 4.79 Å². The monoisotopic (exact) mass is 185 g/mol. The fourth-order valence-electron chi connectivity index (χ4n) is 0.708. The van der Waals surface area contributed by atoms with Gasteiger partial charge in [-0.15, -0.1) is 0 Å². The third-order valence-corrected chi connectivity index (χ3v) is 2.18. The van der Waals surface area contributed by atoms with E-state index in [-0.39, 0.29) is 5.91 Å². The zero-order valence-corrected chi connectivity index (χ0v) is 8.43. The summed E-state index contributed by atoms with van der Waals surface area (Å²) in [5.74, 6) is -0.0933. The summed E-state index contributed by atoms with van der Waals surface area (Å²) in [6.45, 7) is 4.09. The number of unbranched alkanes of at least 4 members (excludes halogenated alkanes) is 1. The second-order valence-electron chi connectivity index (χ2n) is 2.30. The van der Waals surface area contributed by atoms with E-state index in [0.29, 0.717) is 9.76 Å². The molecule has 0 unspecified atom stereocenters. The van der Waals surface area contributed by atoms with Crippen LogP contribution >= 0.6 is 0 Å². The van der Waals surface area contributed by atoms with Crippen LogP contribution in [0.5, 0.6) is 0 Å². The Bertz CT molecular complexity index is 139. The topological polar surface area (TPSA) is 38.3 Å². The van der Waals surface area contributed by atoms with Crippen molar-refractivity contribution in [3.63, 3.8) is 0 Å². The maximum Gasteiger partial charge on any atom is 0.243 e. The molecule has 0 spiro atoms. The van der Waals surface area contributed by atoms with Gasteiger partial charge in [0, 0.05) is 13.7 Å². The average molecular weight is 185 g/mol. The summed E-state index contributed by atoms with van der Waals surface area (Å²) in [6.07, 6.45) is 3.40. The van der Waals surface area contributed by atoms with Crippen molar-refractivity contribution in [2.45, 2.75) is 18.9 Å². The van der Waals surface area contributed by atoms with Gasteiger partial charge in [-0.1, -0.05) is 13.0 Å². The highest BCUT2D eigenvalue weighted by Crippen LogP contribution is 1.93. The van der Waals surface area contributed by atoms with Crippen LogP contribution in [0.4, 0.5) is 0 Å². The molecule has 0 aromatic carbocycles. The Labute approximate surface area is 76.1 Å². The number of rotatable bonds is 7. The van der Waals surface area contributed by atoms with Gasteiger partial charge in [-0.3, -0.25) is 4.79 Å². The Hall–Kier alpha value is -0.613. The predicted octanol–water partition coefficient (Wildman–Crippen LogP) is 0.753. The minimum atomic E-state index is -0.0933. The number of hydrogen-bond acceptors (Lipinski definition) is 2. The molecule has 0 aliphatic rings. The fourth-order valence-corrected chi connectivity index (χ4v) is 1.31. The number of hydrogen-bond donors (Lipinski definition) is 1. The molecule has 4 heteroatoms. The molecule has 12 heavy (non-hydrogen) atoms. The molecule has 0 bridgehead atoms. The quantitative estimate of drug-likeness (QED) is 0.361. The van der Waals surface area contributed by atoms with Crippen LogP contribution in [0.1, 0.15) is 12.8 Å². The summed E-state index contributed by atoms with van der Waals surface area (Å²) < 4.78 is 4.91. The molecule has 0 fully saturated rings. The fraction of sp³-hybridized carbons (Fsp3) is 0.625. The van der Waals surface area contributed by atoms with E-state index in [2.05, 4.69) is 11.9 Å². The maximum absolute atomic E-state index is 10.6. The summed E-state index contributed by atoms with van der Waals surface area (Å²) in [4.78, 5) is 10.6. The lowest BCUT2D eigenvalue weighted by molar-refractivity contribution is -0.116. The van der Waals surface area contributed by atoms with Gasteiger partial charge in [0.05, 0.1) is 0 Å². The van der Waals surface area contributed by atoms with Crippen molar-refractivity contribution in [2.24, 2.45) is 0 Å². The zero-order chi connectivity index (χ0) is 9.23. The molecule has 0 aliphatic heterocycles. The van der Waals surface area contributed by atoms with Crippen LogP contribution < -0.4 is 5.32 Å². The van der Waals surface area contributed by atoms with E-state index < -0.39 is 0 Å². The van der Waals surface area contributed by atoms with Gasteiger partial charge in [-0.25, -0.2) is 0 Å². The van der Waals surface area contributed by atoms with Crippen LogP contribution in [0.3, 0.4) is 0 Å². The molecule has 0 aromatic heterocycles. The maximum atomic E-state index is 10.6. The Morgan fingerprint density at radius 2 is 2.42 bits per heavy atom. The van der Waals surface area contributed by atoms with Gasteiger partial charge in [0.15, 0.2) is 0 Å². The third-order valence-electron chi connectivity index (χ3n) is 1.33. The second-order valence-corrected chi connectivity index (χ2v) is 3.50. The lowest BCUT2D eigenvalue weighted by Crippen LogP contribution is -2.21. The van der Waals surface area contributed by atoms with Crippen LogP contribution in [-0.2, 0) is 9.22 Å². The van der Waals surface area contributed by atoms with Crippen molar-refractivity contribution in [2.75, 3.05) is 13.7 Å². The minimum Gasteiger partial charge on any atom is -0.421 e. The van der Waals surface area contributed by atoms with Gasteiger partial charge in [-0.05, 0) is 18.5 Å². The largest absolute Gasteiger partial charge is 0.421 e. The van der Waals surface area contributed by atoms with Gasteiger partial charge in [0.2, 0.25) is 15.7 Å². The van der Waals surface area contributed by atoms with Crippen LogP contribution in [0.15, 0.2) is 12.7 Å². The molecule has 1 amide bonds. The summed E-state index contributed by atoms with van der Waals surface area (Å²) in [6, 6.07) is 1.08. The van der Waals surface area contributed by atoms with Crippen LogP contribution in [0.25, 0.3) is 0 Å². The second kappa shape index (κ2) is 8.48. The molecule has 0 saturated carbocycles. The van der Waals surface area contributed by atoms with Gasteiger partial charge in [0.25, 0.3) is 0 Å². The highest BCUT2D eigenvalue weighted by molar-refractivity contribution is 6.26. The number of nitrogens with one attached hydrogen (secondary N) is 1. The predicted molar refractivity (Wildman–Crippen MR) is 50.0 cm³/mol. The molecule has 0 aromatic rings. The van der Waals surface area contributed by atoms with Crippen molar-refractivity contribution in [1.82, 2.24) is 5.32 Å². The van der Waals surface area contributed by atoms with Crippen LogP contribution in [-0.4, -0.2) is 29.3 Å². The van der Waals surface area contributed by atoms with E-state index in [1.54, 1.807) is 7.11 Å². The highest BCUT2D eigenvalue weighted by Gasteiger charge is 1.93. The lowest BCUT2D eigenvalue weighted by atomic mass is 10.3. The van der Waals surface area contributed by atoms with Crippen molar-refractivity contribution >= 4 is 15.7 Å². The Balaban J connectivity index is 3.00. The molecule has 2 radical (unpaired) electrons. The van der Waals surface area contributed by atoms with Crippen molar-refractivity contribution in [3.05, 3.63) is 12.7 Å². The van der Waals surface area contributed by atoms with Gasteiger partial charge < -0.3 is 9.74 Å². The summed E-state index contributed by atoms with van der Waals surface area (Å²) in [7, 11) is 2.29. The molecule has 0 heterocycles. The van der Waals surface area contributed by atoms with Crippen molar-refractivity contribution in [1.29, 1.82) is 0 Å². The van der Waals surface area contributed by atoms with Crippen molar-refractivity contribution < 1.29 is 9.22 Å². The molecule has 0 aliphatic carbocycles. The summed E-state index contributed by atoms with van der Waals surface area (Å²) in [5.41, 5.74) is 0. The van der Waals surface area contributed by atoms with Gasteiger partial charge in [-0.2, -0.15) is 0 Å². The van der Waals surface area contributed by atoms with E-state index >= 15 is 0 Å². The number of amides is 1. The summed E-state index contributed by atoms with van der Waals surface area (Å²) in [5, 5.41) is 2.71. The van der Waals surface area contributed by atoms with Crippen LogP contribution in [0, 0.1) is 0 Å². The molecule has 68 valence electrons. The Morgan fingerprint density at radius 3 is 3.00 bits per heavy atom. The van der Waals surface area contributed by atoms with Gasteiger partial charge in [0.1, 0.15) is 0 Å². The van der Waals surface area contributed by atoms with E-state index in [1.807, 2.05) is 0 Å². The Kier molecular flexibility index (Phi) is 8.05. The van der Waals surface area contributed by atoms with E-state index in [1.165, 1.54) is 6.08 Å². The molecule has 0 rings (SSSR count). The van der Waals surface area contributed by atoms with Gasteiger partial charge >= 0.3 is 0 Å². The first-order valence-corrected chi connectivity index (χ1v) is 5.09. The number of carbonyl (C=O) groups excluding carboxylic acids is 1. The molecule has 0 atom stereocenters. The first kappa shape index (κ1) is 11.4. The highest BCUT2D eigenvalue weighted by atomic mass is 28.2. The smallest absolute Gasteiger partial charge is 0.243 e. The van der Waals surface area contributed by atoms with E-state index in [0.717, 1.165) is 25.4 Å². The molecule has 0 saturated heterocycles. The van der Waals surface area contributed by atoms with Crippen LogP contribution in [0.2, 0.25) is 6.04 Å². The normalized spacial score (nSPS) is 9.42. The Morgan fingerprint density at radius 1 is 1.67 bits per heavy atom. The average Bonchev–Trinajstić information content (AvgIpc) is 2.10.